The molecule has 6 heteroatoms. The van der Waals surface area contributed by atoms with Crippen molar-refractivity contribution >= 4 is 5.82 Å². The zero-order valence-electron chi connectivity index (χ0n) is 13.4. The van der Waals surface area contributed by atoms with Crippen LogP contribution < -0.4 is 16.1 Å². The van der Waals surface area contributed by atoms with E-state index in [-0.39, 0.29) is 11.2 Å². The molecule has 3 aliphatic rings. The molecular formula is C16H24N4O2. The van der Waals surface area contributed by atoms with Crippen molar-refractivity contribution in [1.29, 1.82) is 0 Å². The van der Waals surface area contributed by atoms with Gasteiger partial charge in [-0.2, -0.15) is 0 Å². The first-order valence-electron chi connectivity index (χ1n) is 8.30. The predicted molar refractivity (Wildman–Crippen MR) is 85.3 cm³/mol. The third-order valence-electron chi connectivity index (χ3n) is 5.96. The Morgan fingerprint density at radius 2 is 1.59 bits per heavy atom. The first kappa shape index (κ1) is 14.1. The molecule has 2 unspecified atom stereocenters. The molecule has 2 aliphatic heterocycles. The van der Waals surface area contributed by atoms with E-state index in [1.165, 1.54) is 39.4 Å². The molecule has 120 valence electrons. The van der Waals surface area contributed by atoms with Crippen LogP contribution in [0.2, 0.25) is 0 Å². The van der Waals surface area contributed by atoms with Crippen LogP contribution in [-0.2, 0) is 14.1 Å². The summed E-state index contributed by atoms with van der Waals surface area (Å²) in [6.45, 7) is 4.36. The maximum absolute atomic E-state index is 12.0. The van der Waals surface area contributed by atoms with Gasteiger partial charge in [0.2, 0.25) is 0 Å². The highest BCUT2D eigenvalue weighted by Crippen LogP contribution is 2.39. The fourth-order valence-corrected chi connectivity index (χ4v) is 4.47. The van der Waals surface area contributed by atoms with Gasteiger partial charge in [-0.3, -0.25) is 18.8 Å². The highest BCUT2D eigenvalue weighted by molar-refractivity contribution is 5.42. The SMILES string of the molecule is Cn1c(N2CC(N3CC4CCCC4C3)C2)cc(=O)n(C)c1=O. The average Bonchev–Trinajstić information content (AvgIpc) is 3.01. The van der Waals surface area contributed by atoms with Gasteiger partial charge in [0, 0.05) is 52.4 Å². The summed E-state index contributed by atoms with van der Waals surface area (Å²) < 4.78 is 2.73. The van der Waals surface area contributed by atoms with Gasteiger partial charge >= 0.3 is 5.69 Å². The summed E-state index contributed by atoms with van der Waals surface area (Å²) in [4.78, 5) is 28.6. The number of anilines is 1. The lowest BCUT2D eigenvalue weighted by molar-refractivity contribution is 0.189. The second-order valence-corrected chi connectivity index (χ2v) is 7.21. The molecule has 4 rings (SSSR count). The minimum absolute atomic E-state index is 0.225. The lowest BCUT2D eigenvalue weighted by Crippen LogP contribution is -2.60. The highest BCUT2D eigenvalue weighted by atomic mass is 16.2. The Bertz CT molecular complexity index is 689. The zero-order valence-corrected chi connectivity index (χ0v) is 13.4. The van der Waals surface area contributed by atoms with Gasteiger partial charge in [-0.25, -0.2) is 4.79 Å². The Morgan fingerprint density at radius 1 is 0.955 bits per heavy atom. The van der Waals surface area contributed by atoms with E-state index in [2.05, 4.69) is 9.80 Å². The molecule has 0 N–H and O–H groups in total. The molecule has 0 spiro atoms. The molecular weight excluding hydrogens is 280 g/mol. The van der Waals surface area contributed by atoms with Crippen molar-refractivity contribution in [3.63, 3.8) is 0 Å². The monoisotopic (exact) mass is 304 g/mol. The van der Waals surface area contributed by atoms with E-state index in [4.69, 9.17) is 0 Å². The Balaban J connectivity index is 1.46. The maximum Gasteiger partial charge on any atom is 0.332 e. The van der Waals surface area contributed by atoms with Crippen LogP contribution in [0.15, 0.2) is 15.7 Å². The van der Waals surface area contributed by atoms with Crippen molar-refractivity contribution in [3.05, 3.63) is 26.9 Å². The summed E-state index contributed by atoms with van der Waals surface area (Å²) in [6.07, 6.45) is 4.22. The molecule has 1 aliphatic carbocycles. The van der Waals surface area contributed by atoms with Crippen LogP contribution >= 0.6 is 0 Å². The van der Waals surface area contributed by atoms with E-state index < -0.39 is 0 Å². The Labute approximate surface area is 129 Å². The smallest absolute Gasteiger partial charge is 0.332 e. The topological polar surface area (TPSA) is 50.5 Å². The number of nitrogens with zero attached hydrogens (tertiary/aromatic N) is 4. The quantitative estimate of drug-likeness (QED) is 0.772. The van der Waals surface area contributed by atoms with E-state index in [1.807, 2.05) is 0 Å². The molecule has 1 saturated carbocycles. The van der Waals surface area contributed by atoms with Gasteiger partial charge in [0.1, 0.15) is 5.82 Å². The van der Waals surface area contributed by atoms with E-state index >= 15 is 0 Å². The van der Waals surface area contributed by atoms with Gasteiger partial charge < -0.3 is 4.90 Å². The minimum atomic E-state index is -0.248. The predicted octanol–water partition coefficient (Wildman–Crippen LogP) is 0.00450. The van der Waals surface area contributed by atoms with Gasteiger partial charge in [0.25, 0.3) is 5.56 Å². The van der Waals surface area contributed by atoms with Crippen LogP contribution in [0.1, 0.15) is 19.3 Å². The molecule has 0 aromatic carbocycles. The van der Waals surface area contributed by atoms with Crippen LogP contribution in [0.4, 0.5) is 5.82 Å². The van der Waals surface area contributed by atoms with Gasteiger partial charge in [0.05, 0.1) is 0 Å². The van der Waals surface area contributed by atoms with Crippen LogP contribution in [-0.4, -0.2) is 46.3 Å². The van der Waals surface area contributed by atoms with Crippen LogP contribution in [0.25, 0.3) is 0 Å². The molecule has 2 saturated heterocycles. The molecule has 0 bridgehead atoms. The summed E-state index contributed by atoms with van der Waals surface area (Å²) in [5.41, 5.74) is -0.473. The molecule has 3 heterocycles. The molecule has 1 aromatic rings. The number of hydrogen-bond acceptors (Lipinski definition) is 4. The number of fused-ring (bicyclic) bond motifs is 1. The number of likely N-dealkylation sites (tertiary alicyclic amines) is 1. The normalized spacial score (nSPS) is 28.9. The fraction of sp³-hybridized carbons (Fsp3) is 0.750. The molecule has 1 aromatic heterocycles. The second kappa shape index (κ2) is 4.98. The lowest BCUT2D eigenvalue weighted by Gasteiger charge is -2.45. The van der Waals surface area contributed by atoms with Crippen LogP contribution in [0.3, 0.4) is 0 Å². The minimum Gasteiger partial charge on any atom is -0.354 e. The van der Waals surface area contributed by atoms with E-state index in [0.29, 0.717) is 6.04 Å². The van der Waals surface area contributed by atoms with Gasteiger partial charge in [0.15, 0.2) is 0 Å². The fourth-order valence-electron chi connectivity index (χ4n) is 4.47. The van der Waals surface area contributed by atoms with Crippen molar-refractivity contribution in [3.8, 4) is 0 Å². The van der Waals surface area contributed by atoms with Crippen LogP contribution in [0, 0.1) is 11.8 Å². The summed E-state index contributed by atoms with van der Waals surface area (Å²) in [5.74, 6) is 2.59. The van der Waals surface area contributed by atoms with Crippen molar-refractivity contribution in [2.24, 2.45) is 25.9 Å². The van der Waals surface area contributed by atoms with E-state index in [0.717, 1.165) is 35.3 Å². The average molecular weight is 304 g/mol. The third-order valence-corrected chi connectivity index (χ3v) is 5.96. The Hall–Kier alpha value is -1.56. The Kier molecular flexibility index (Phi) is 3.18. The zero-order chi connectivity index (χ0) is 15.4. The first-order valence-corrected chi connectivity index (χ1v) is 8.30. The summed E-state index contributed by atoms with van der Waals surface area (Å²) in [7, 11) is 3.26. The Morgan fingerprint density at radius 3 is 2.23 bits per heavy atom. The van der Waals surface area contributed by atoms with Gasteiger partial charge in [-0.1, -0.05) is 6.42 Å². The largest absolute Gasteiger partial charge is 0.354 e. The molecule has 2 atom stereocenters. The van der Waals surface area contributed by atoms with E-state index in [9.17, 15) is 9.59 Å². The van der Waals surface area contributed by atoms with Gasteiger partial charge in [-0.15, -0.1) is 0 Å². The molecule has 3 fully saturated rings. The number of rotatable bonds is 2. The summed E-state index contributed by atoms with van der Waals surface area (Å²) >= 11 is 0. The first-order chi connectivity index (χ1) is 10.5. The maximum atomic E-state index is 12.0. The number of hydrogen-bond donors (Lipinski definition) is 0. The van der Waals surface area contributed by atoms with Crippen molar-refractivity contribution in [2.45, 2.75) is 25.3 Å². The van der Waals surface area contributed by atoms with Gasteiger partial charge in [-0.05, 0) is 24.7 Å². The summed E-state index contributed by atoms with van der Waals surface area (Å²) in [5, 5.41) is 0. The van der Waals surface area contributed by atoms with Crippen LogP contribution in [0.5, 0.6) is 0 Å². The molecule has 22 heavy (non-hydrogen) atoms. The van der Waals surface area contributed by atoms with Crippen molar-refractivity contribution in [2.75, 3.05) is 31.1 Å². The van der Waals surface area contributed by atoms with Crippen molar-refractivity contribution < 1.29 is 0 Å². The summed E-state index contributed by atoms with van der Waals surface area (Å²) in [6, 6.07) is 2.17. The lowest BCUT2D eigenvalue weighted by atomic mass is 10.0. The standard InChI is InChI=1S/C16H24N4O2/c1-17-14(6-15(21)18(2)16(17)22)20-9-13(10-20)19-7-11-4-3-5-12(11)8-19/h6,11-13H,3-5,7-10H2,1-2H3. The third kappa shape index (κ3) is 2.04. The number of aromatic nitrogens is 2. The highest BCUT2D eigenvalue weighted by Gasteiger charge is 2.42. The molecule has 6 nitrogen and oxygen atoms in total. The van der Waals surface area contributed by atoms with E-state index in [1.54, 1.807) is 17.7 Å². The molecule has 0 amide bonds. The molecule has 0 radical (unpaired) electrons. The van der Waals surface area contributed by atoms with Crippen molar-refractivity contribution in [1.82, 2.24) is 14.0 Å². The second-order valence-electron chi connectivity index (χ2n) is 7.21.